The van der Waals surface area contributed by atoms with Crippen LogP contribution in [0.15, 0.2) is 45.3 Å². The highest BCUT2D eigenvalue weighted by molar-refractivity contribution is 9.10. The van der Waals surface area contributed by atoms with Gasteiger partial charge in [0.1, 0.15) is 5.75 Å². The fraction of sp³-hybridized carbons (Fsp3) is 0.0714. The third-order valence-electron chi connectivity index (χ3n) is 2.59. The Morgan fingerprint density at radius 1 is 1.20 bits per heavy atom. The monoisotopic (exact) mass is 417 g/mol. The minimum atomic E-state index is -0.257. The minimum absolute atomic E-state index is 0.257. The Morgan fingerprint density at radius 2 is 1.95 bits per heavy atom. The van der Waals surface area contributed by atoms with E-state index in [1.54, 1.807) is 36.4 Å². The van der Waals surface area contributed by atoms with Gasteiger partial charge in [-0.2, -0.15) is 0 Å². The van der Waals surface area contributed by atoms with Crippen molar-refractivity contribution in [3.63, 3.8) is 0 Å². The molecule has 0 fully saturated rings. The number of methoxy groups -OCH3 is 1. The molecule has 104 valence electrons. The Bertz CT molecular complexity index is 662. The van der Waals surface area contributed by atoms with E-state index >= 15 is 0 Å². The van der Waals surface area contributed by atoms with Crippen LogP contribution in [0.25, 0.3) is 0 Å². The number of hydrogen-bond acceptors (Lipinski definition) is 2. The van der Waals surface area contributed by atoms with E-state index in [0.717, 1.165) is 8.95 Å². The van der Waals surface area contributed by atoms with Crippen LogP contribution in [-0.4, -0.2) is 13.0 Å². The Labute approximate surface area is 138 Å². The topological polar surface area (TPSA) is 38.3 Å². The van der Waals surface area contributed by atoms with Crippen LogP contribution in [0.2, 0.25) is 5.02 Å². The van der Waals surface area contributed by atoms with Crippen molar-refractivity contribution < 1.29 is 9.53 Å². The van der Waals surface area contributed by atoms with Crippen LogP contribution in [0.3, 0.4) is 0 Å². The van der Waals surface area contributed by atoms with Crippen LogP contribution >= 0.6 is 43.5 Å². The van der Waals surface area contributed by atoms with Gasteiger partial charge in [-0.3, -0.25) is 4.79 Å². The number of ether oxygens (including phenoxy) is 1. The normalized spacial score (nSPS) is 10.2. The third kappa shape index (κ3) is 3.53. The standard InChI is InChI=1S/C14H10Br2ClNO2/c1-20-13-6-8(15)2-4-10(13)14(19)18-9-3-5-11(16)12(17)7-9/h2-7H,1H3,(H,18,19). The molecule has 0 heterocycles. The lowest BCUT2D eigenvalue weighted by molar-refractivity contribution is 0.102. The maximum Gasteiger partial charge on any atom is 0.259 e. The number of hydrogen-bond donors (Lipinski definition) is 1. The Balaban J connectivity index is 2.25. The van der Waals surface area contributed by atoms with Crippen molar-refractivity contribution >= 4 is 55.1 Å². The van der Waals surface area contributed by atoms with Gasteiger partial charge in [0.2, 0.25) is 0 Å². The molecule has 0 aromatic heterocycles. The van der Waals surface area contributed by atoms with Gasteiger partial charge in [0.05, 0.1) is 17.7 Å². The van der Waals surface area contributed by atoms with E-state index < -0.39 is 0 Å². The third-order valence-corrected chi connectivity index (χ3v) is 4.31. The zero-order chi connectivity index (χ0) is 14.7. The molecule has 0 aliphatic carbocycles. The van der Waals surface area contributed by atoms with Crippen molar-refractivity contribution in [3.8, 4) is 5.75 Å². The maximum absolute atomic E-state index is 12.2. The van der Waals surface area contributed by atoms with Crippen LogP contribution in [0.1, 0.15) is 10.4 Å². The van der Waals surface area contributed by atoms with Gasteiger partial charge in [0.15, 0.2) is 0 Å². The molecule has 3 nitrogen and oxygen atoms in total. The number of benzene rings is 2. The molecule has 20 heavy (non-hydrogen) atoms. The Hall–Kier alpha value is -1.04. The molecule has 0 saturated heterocycles. The fourth-order valence-corrected chi connectivity index (χ4v) is 2.39. The van der Waals surface area contributed by atoms with E-state index in [1.807, 2.05) is 0 Å². The average Bonchev–Trinajstić information content (AvgIpc) is 2.42. The summed E-state index contributed by atoms with van der Waals surface area (Å²) in [6.45, 7) is 0. The number of carbonyl (C=O) groups excluding carboxylic acids is 1. The quantitative estimate of drug-likeness (QED) is 0.749. The molecule has 0 spiro atoms. The van der Waals surface area contributed by atoms with E-state index in [1.165, 1.54) is 7.11 Å². The number of rotatable bonds is 3. The van der Waals surface area contributed by atoms with Gasteiger partial charge in [0.25, 0.3) is 5.91 Å². The maximum atomic E-state index is 12.2. The molecule has 0 aliphatic heterocycles. The van der Waals surface area contributed by atoms with Crippen LogP contribution < -0.4 is 10.1 Å². The lowest BCUT2D eigenvalue weighted by Gasteiger charge is -2.10. The summed E-state index contributed by atoms with van der Waals surface area (Å²) in [5, 5.41) is 3.31. The van der Waals surface area contributed by atoms with Crippen LogP contribution in [-0.2, 0) is 0 Å². The summed E-state index contributed by atoms with van der Waals surface area (Å²) in [7, 11) is 1.52. The van der Waals surface area contributed by atoms with E-state index in [4.69, 9.17) is 16.3 Å². The molecule has 1 N–H and O–H groups in total. The first-order valence-corrected chi connectivity index (χ1v) is 7.57. The van der Waals surface area contributed by atoms with Crippen molar-refractivity contribution in [2.24, 2.45) is 0 Å². The second-order valence-corrected chi connectivity index (χ2v) is 6.10. The van der Waals surface area contributed by atoms with Crippen molar-refractivity contribution in [1.82, 2.24) is 0 Å². The first kappa shape index (κ1) is 15.4. The lowest BCUT2D eigenvalue weighted by Crippen LogP contribution is -2.13. The van der Waals surface area contributed by atoms with Gasteiger partial charge in [-0.1, -0.05) is 27.5 Å². The van der Waals surface area contributed by atoms with E-state index in [9.17, 15) is 4.79 Å². The van der Waals surface area contributed by atoms with Gasteiger partial charge in [-0.25, -0.2) is 0 Å². The number of anilines is 1. The minimum Gasteiger partial charge on any atom is -0.496 e. The summed E-state index contributed by atoms with van der Waals surface area (Å²) in [5.74, 6) is 0.243. The van der Waals surface area contributed by atoms with E-state index in [2.05, 4.69) is 37.2 Å². The molecule has 6 heteroatoms. The molecule has 0 radical (unpaired) electrons. The molecule has 0 aliphatic rings. The smallest absolute Gasteiger partial charge is 0.259 e. The molecule has 2 rings (SSSR count). The van der Waals surface area contributed by atoms with Crippen molar-refractivity contribution in [2.45, 2.75) is 0 Å². The fourth-order valence-electron chi connectivity index (χ4n) is 1.62. The van der Waals surface area contributed by atoms with Crippen molar-refractivity contribution in [3.05, 3.63) is 55.9 Å². The van der Waals surface area contributed by atoms with Crippen molar-refractivity contribution in [2.75, 3.05) is 12.4 Å². The molecular weight excluding hydrogens is 409 g/mol. The number of halogens is 3. The molecule has 0 bridgehead atoms. The first-order valence-electron chi connectivity index (χ1n) is 5.61. The molecule has 1 amide bonds. The summed E-state index contributed by atoms with van der Waals surface area (Å²) < 4.78 is 6.82. The van der Waals surface area contributed by atoms with Crippen LogP contribution in [0.4, 0.5) is 5.69 Å². The van der Waals surface area contributed by atoms with Gasteiger partial charge in [-0.05, 0) is 52.3 Å². The molecule has 2 aromatic carbocycles. The zero-order valence-corrected chi connectivity index (χ0v) is 14.3. The average molecular weight is 420 g/mol. The summed E-state index contributed by atoms with van der Waals surface area (Å²) in [6.07, 6.45) is 0. The SMILES string of the molecule is COc1cc(Br)ccc1C(=O)Nc1ccc(Br)c(Cl)c1. The van der Waals surface area contributed by atoms with Gasteiger partial charge in [0, 0.05) is 14.6 Å². The second-order valence-electron chi connectivity index (χ2n) is 3.93. The molecule has 0 unspecified atom stereocenters. The summed E-state index contributed by atoms with van der Waals surface area (Å²) in [5.41, 5.74) is 1.07. The number of carbonyl (C=O) groups is 1. The Morgan fingerprint density at radius 3 is 2.60 bits per heavy atom. The second kappa shape index (κ2) is 6.61. The van der Waals surface area contributed by atoms with E-state index in [-0.39, 0.29) is 5.91 Å². The predicted molar refractivity (Wildman–Crippen MR) is 87.8 cm³/mol. The molecular formula is C14H10Br2ClNO2. The van der Waals surface area contributed by atoms with Gasteiger partial charge < -0.3 is 10.1 Å². The molecule has 2 aromatic rings. The lowest BCUT2D eigenvalue weighted by atomic mass is 10.2. The number of nitrogens with one attached hydrogen (secondary N) is 1. The largest absolute Gasteiger partial charge is 0.496 e. The highest BCUT2D eigenvalue weighted by atomic mass is 79.9. The highest BCUT2D eigenvalue weighted by Crippen LogP contribution is 2.27. The highest BCUT2D eigenvalue weighted by Gasteiger charge is 2.13. The Kier molecular flexibility index (Phi) is 5.07. The summed E-state index contributed by atoms with van der Waals surface area (Å²) >= 11 is 12.6. The van der Waals surface area contributed by atoms with E-state index in [0.29, 0.717) is 22.0 Å². The van der Waals surface area contributed by atoms with Crippen LogP contribution in [0.5, 0.6) is 5.75 Å². The van der Waals surface area contributed by atoms with Gasteiger partial charge >= 0.3 is 0 Å². The summed E-state index contributed by atoms with van der Waals surface area (Å²) in [4.78, 5) is 12.2. The number of amides is 1. The summed E-state index contributed by atoms with van der Waals surface area (Å²) in [6, 6.07) is 10.4. The molecule has 0 atom stereocenters. The molecule has 0 saturated carbocycles. The van der Waals surface area contributed by atoms with Crippen LogP contribution in [0, 0.1) is 0 Å². The first-order chi connectivity index (χ1) is 9.51. The predicted octanol–water partition coefficient (Wildman–Crippen LogP) is 5.13. The van der Waals surface area contributed by atoms with Gasteiger partial charge in [-0.15, -0.1) is 0 Å². The zero-order valence-electron chi connectivity index (χ0n) is 10.4. The van der Waals surface area contributed by atoms with Crippen molar-refractivity contribution in [1.29, 1.82) is 0 Å².